The summed E-state index contributed by atoms with van der Waals surface area (Å²) < 4.78 is 1.59. The van der Waals surface area contributed by atoms with E-state index in [1.165, 1.54) is 0 Å². The summed E-state index contributed by atoms with van der Waals surface area (Å²) in [4.78, 5) is 10.3. The van der Waals surface area contributed by atoms with Gasteiger partial charge in [-0.3, -0.25) is 9.48 Å². The van der Waals surface area contributed by atoms with Crippen molar-refractivity contribution >= 4 is 5.97 Å². The third kappa shape index (κ3) is 2.06. The summed E-state index contributed by atoms with van der Waals surface area (Å²) in [7, 11) is 1.76. The van der Waals surface area contributed by atoms with Gasteiger partial charge in [-0.05, 0) is 6.07 Å². The highest BCUT2D eigenvalue weighted by Gasteiger charge is 2.12. The molecule has 1 heterocycles. The number of carboxylic acid groups (broad SMARTS) is 1. The van der Waals surface area contributed by atoms with Gasteiger partial charge in [0.15, 0.2) is 0 Å². The van der Waals surface area contributed by atoms with Crippen LogP contribution in [-0.4, -0.2) is 20.9 Å². The average molecular weight is 169 g/mol. The van der Waals surface area contributed by atoms with Gasteiger partial charge in [0.25, 0.3) is 0 Å². The van der Waals surface area contributed by atoms with Crippen molar-refractivity contribution in [2.24, 2.45) is 12.8 Å². The minimum absolute atomic E-state index is 0.0863. The molecule has 0 aliphatic carbocycles. The number of carbonyl (C=O) groups is 1. The lowest BCUT2D eigenvalue weighted by molar-refractivity contribution is -0.137. The predicted molar refractivity (Wildman–Crippen MR) is 42.4 cm³/mol. The van der Waals surface area contributed by atoms with Gasteiger partial charge in [0, 0.05) is 13.2 Å². The lowest BCUT2D eigenvalue weighted by Gasteiger charge is -2.03. The molecule has 0 aromatic carbocycles. The van der Waals surface area contributed by atoms with Crippen LogP contribution in [0.5, 0.6) is 0 Å². The van der Waals surface area contributed by atoms with Gasteiger partial charge in [-0.25, -0.2) is 0 Å². The van der Waals surface area contributed by atoms with Crippen LogP contribution in [0, 0.1) is 0 Å². The monoisotopic (exact) mass is 169 g/mol. The molecule has 0 saturated heterocycles. The number of rotatable bonds is 3. The number of aromatic nitrogens is 2. The quantitative estimate of drug-likeness (QED) is 0.661. The van der Waals surface area contributed by atoms with Gasteiger partial charge in [-0.1, -0.05) is 0 Å². The van der Waals surface area contributed by atoms with E-state index in [0.717, 1.165) is 0 Å². The van der Waals surface area contributed by atoms with Crippen molar-refractivity contribution in [3.05, 3.63) is 18.0 Å². The third-order valence-electron chi connectivity index (χ3n) is 1.51. The molecule has 66 valence electrons. The molecule has 0 unspecified atom stereocenters. The molecule has 0 aliphatic rings. The van der Waals surface area contributed by atoms with Crippen LogP contribution < -0.4 is 5.73 Å². The maximum Gasteiger partial charge on any atom is 0.305 e. The molecule has 0 saturated carbocycles. The summed E-state index contributed by atoms with van der Waals surface area (Å²) >= 11 is 0. The van der Waals surface area contributed by atoms with E-state index < -0.39 is 12.0 Å². The predicted octanol–water partition coefficient (Wildman–Crippen LogP) is -0.105. The number of nitrogens with zero attached hydrogens (tertiary/aromatic N) is 2. The van der Waals surface area contributed by atoms with E-state index in [0.29, 0.717) is 5.69 Å². The maximum atomic E-state index is 10.3. The Balaban J connectivity index is 2.64. The molecule has 0 aliphatic heterocycles. The van der Waals surface area contributed by atoms with Gasteiger partial charge in [-0.2, -0.15) is 5.10 Å². The Labute approximate surface area is 69.8 Å². The van der Waals surface area contributed by atoms with E-state index in [4.69, 9.17) is 10.8 Å². The molecule has 3 N–H and O–H groups in total. The van der Waals surface area contributed by atoms with Gasteiger partial charge in [0.05, 0.1) is 18.2 Å². The van der Waals surface area contributed by atoms with Crippen LogP contribution >= 0.6 is 0 Å². The van der Waals surface area contributed by atoms with Crippen LogP contribution in [0.15, 0.2) is 12.3 Å². The van der Waals surface area contributed by atoms with Crippen LogP contribution in [0.25, 0.3) is 0 Å². The molecule has 0 bridgehead atoms. The number of hydrogen-bond acceptors (Lipinski definition) is 3. The number of carboxylic acids is 1. The van der Waals surface area contributed by atoms with Crippen molar-refractivity contribution in [1.29, 1.82) is 0 Å². The Hall–Kier alpha value is -1.36. The van der Waals surface area contributed by atoms with Gasteiger partial charge in [-0.15, -0.1) is 0 Å². The van der Waals surface area contributed by atoms with Gasteiger partial charge in [0.1, 0.15) is 0 Å². The average Bonchev–Trinajstić information content (AvgIpc) is 2.34. The molecule has 1 aromatic rings. The number of hydrogen-bond donors (Lipinski definition) is 2. The van der Waals surface area contributed by atoms with Crippen LogP contribution in [0.4, 0.5) is 0 Å². The Morgan fingerprint density at radius 2 is 2.58 bits per heavy atom. The molecule has 1 rings (SSSR count). The van der Waals surface area contributed by atoms with Crippen molar-refractivity contribution in [2.45, 2.75) is 12.5 Å². The fourth-order valence-corrected chi connectivity index (χ4v) is 0.923. The standard InChI is InChI=1S/C7H11N3O2/c1-10-3-2-6(9-10)5(8)4-7(11)12/h2-3,5H,4,8H2,1H3,(H,11,12)/t5-/m1/s1. The topological polar surface area (TPSA) is 81.1 Å². The zero-order valence-electron chi connectivity index (χ0n) is 6.77. The van der Waals surface area contributed by atoms with Crippen molar-refractivity contribution in [1.82, 2.24) is 9.78 Å². The molecule has 0 amide bonds. The van der Waals surface area contributed by atoms with Crippen molar-refractivity contribution in [2.75, 3.05) is 0 Å². The Morgan fingerprint density at radius 1 is 1.92 bits per heavy atom. The summed E-state index contributed by atoms with van der Waals surface area (Å²) in [6.45, 7) is 0. The highest BCUT2D eigenvalue weighted by molar-refractivity contribution is 5.67. The molecule has 12 heavy (non-hydrogen) atoms. The number of aliphatic carboxylic acids is 1. The largest absolute Gasteiger partial charge is 0.481 e. The third-order valence-corrected chi connectivity index (χ3v) is 1.51. The Morgan fingerprint density at radius 3 is 3.00 bits per heavy atom. The first kappa shape index (κ1) is 8.73. The van der Waals surface area contributed by atoms with Crippen molar-refractivity contribution in [3.8, 4) is 0 Å². The first-order valence-corrected chi connectivity index (χ1v) is 3.56. The molecular formula is C7H11N3O2. The maximum absolute atomic E-state index is 10.3. The van der Waals surface area contributed by atoms with Crippen molar-refractivity contribution in [3.63, 3.8) is 0 Å². The molecule has 1 aromatic heterocycles. The summed E-state index contributed by atoms with van der Waals surface area (Å²) in [5, 5.41) is 12.4. The fourth-order valence-electron chi connectivity index (χ4n) is 0.923. The van der Waals surface area contributed by atoms with E-state index in [1.54, 1.807) is 24.0 Å². The SMILES string of the molecule is Cn1ccc([C@H](N)CC(=O)O)n1. The minimum atomic E-state index is -0.909. The number of aryl methyl sites for hydroxylation is 1. The Bertz CT molecular complexity index is 282. The van der Waals surface area contributed by atoms with E-state index in [9.17, 15) is 4.79 Å². The zero-order valence-corrected chi connectivity index (χ0v) is 6.77. The summed E-state index contributed by atoms with van der Waals surface area (Å²) in [5.41, 5.74) is 6.16. The van der Waals surface area contributed by atoms with Crippen LogP contribution in [0.3, 0.4) is 0 Å². The fraction of sp³-hybridized carbons (Fsp3) is 0.429. The summed E-state index contributed by atoms with van der Waals surface area (Å²) in [5.74, 6) is -0.909. The smallest absolute Gasteiger partial charge is 0.305 e. The van der Waals surface area contributed by atoms with Gasteiger partial charge >= 0.3 is 5.97 Å². The van der Waals surface area contributed by atoms with Gasteiger partial charge < -0.3 is 10.8 Å². The highest BCUT2D eigenvalue weighted by Crippen LogP contribution is 2.09. The molecule has 0 radical (unpaired) electrons. The second kappa shape index (κ2) is 3.36. The molecule has 0 spiro atoms. The van der Waals surface area contributed by atoms with Crippen LogP contribution in [0.2, 0.25) is 0 Å². The van der Waals surface area contributed by atoms with Gasteiger partial charge in [0.2, 0.25) is 0 Å². The first-order valence-electron chi connectivity index (χ1n) is 3.56. The normalized spacial score (nSPS) is 12.8. The highest BCUT2D eigenvalue weighted by atomic mass is 16.4. The molecule has 5 heteroatoms. The first-order chi connectivity index (χ1) is 5.59. The van der Waals surface area contributed by atoms with E-state index in [-0.39, 0.29) is 6.42 Å². The van der Waals surface area contributed by atoms with Crippen LogP contribution in [0.1, 0.15) is 18.2 Å². The molecule has 1 atom stereocenters. The molecule has 5 nitrogen and oxygen atoms in total. The van der Waals surface area contributed by atoms with E-state index >= 15 is 0 Å². The van der Waals surface area contributed by atoms with E-state index in [1.807, 2.05) is 0 Å². The van der Waals surface area contributed by atoms with Crippen LogP contribution in [-0.2, 0) is 11.8 Å². The van der Waals surface area contributed by atoms with Crippen molar-refractivity contribution < 1.29 is 9.90 Å². The second-order valence-corrected chi connectivity index (χ2v) is 2.62. The molecular weight excluding hydrogens is 158 g/mol. The second-order valence-electron chi connectivity index (χ2n) is 2.62. The van der Waals surface area contributed by atoms with E-state index in [2.05, 4.69) is 5.10 Å². The lowest BCUT2D eigenvalue weighted by Crippen LogP contribution is -2.15. The lowest BCUT2D eigenvalue weighted by atomic mass is 10.1. The Kier molecular flexibility index (Phi) is 2.44. The number of nitrogens with two attached hydrogens (primary N) is 1. The minimum Gasteiger partial charge on any atom is -0.481 e. The zero-order chi connectivity index (χ0) is 9.14. The molecule has 0 fully saturated rings. The summed E-state index contributed by atoms with van der Waals surface area (Å²) in [6, 6.07) is 1.21. The summed E-state index contributed by atoms with van der Waals surface area (Å²) in [6.07, 6.45) is 1.65.